The minimum Gasteiger partial charge on any atom is -0.550 e. The average Bonchev–Trinajstić information content (AvgIpc) is 2.12. The number of ether oxygens (including phenoxy) is 1. The van der Waals surface area contributed by atoms with Crippen molar-refractivity contribution in [3.05, 3.63) is 0 Å². The van der Waals surface area contributed by atoms with E-state index in [0.29, 0.717) is 6.61 Å². The number of hydrogen-bond acceptors (Lipinski definition) is 8. The molecule has 1 unspecified atom stereocenters. The molecule has 0 aromatic heterocycles. The Balaban J connectivity index is -0.000000139. The fourth-order valence-electron chi connectivity index (χ4n) is 0.604. The Labute approximate surface area is 159 Å². The first-order valence-corrected chi connectivity index (χ1v) is 5.81. The van der Waals surface area contributed by atoms with Crippen LogP contribution in [0.4, 0.5) is 4.79 Å². The Hall–Kier alpha value is 0.120. The summed E-state index contributed by atoms with van der Waals surface area (Å²) in [5.41, 5.74) is 4.54. The maximum atomic E-state index is 10.2. The maximum absolute atomic E-state index is 10.2. The van der Waals surface area contributed by atoms with E-state index in [1.807, 2.05) is 0 Å². The fourth-order valence-corrected chi connectivity index (χ4v) is 1.19. The standard InChI is InChI=1S/C4H6O7S.C3H7NO2.2Na/c5-3(6)1-2(4(7)8)12(9,10)11;1-2-6-3(4)5;;/h2H,1H2,(H,5,6)(H,7,8)(H,9,10,11);2H2,1H3,(H2,4,5);;/q;;2*+1/p-2. The number of carbonyl (C=O) groups excluding carboxylic acids is 3. The summed E-state index contributed by atoms with van der Waals surface area (Å²) in [4.78, 5) is 29.3. The van der Waals surface area contributed by atoms with Crippen molar-refractivity contribution in [3.8, 4) is 0 Å². The molecule has 0 rings (SSSR count). The summed E-state index contributed by atoms with van der Waals surface area (Å²) < 4.78 is 32.6. The molecule has 0 aromatic rings. The van der Waals surface area contributed by atoms with Gasteiger partial charge in [0.2, 0.25) is 0 Å². The van der Waals surface area contributed by atoms with Crippen LogP contribution in [-0.2, 0) is 24.4 Å². The van der Waals surface area contributed by atoms with Gasteiger partial charge in [0, 0.05) is 12.4 Å². The molecule has 0 spiro atoms. The molecule has 0 aliphatic carbocycles. The molecule has 0 radical (unpaired) electrons. The van der Waals surface area contributed by atoms with E-state index in [1.165, 1.54) is 0 Å². The van der Waals surface area contributed by atoms with E-state index >= 15 is 0 Å². The first kappa shape index (κ1) is 28.3. The Morgan fingerprint density at radius 3 is 1.70 bits per heavy atom. The van der Waals surface area contributed by atoms with Crippen molar-refractivity contribution >= 4 is 28.1 Å². The number of nitrogens with two attached hydrogens (primary N) is 1. The van der Waals surface area contributed by atoms with Gasteiger partial charge in [0.25, 0.3) is 10.1 Å². The van der Waals surface area contributed by atoms with Crippen LogP contribution >= 0.6 is 0 Å². The van der Waals surface area contributed by atoms with E-state index in [2.05, 4.69) is 10.5 Å². The second-order valence-corrected chi connectivity index (χ2v) is 4.25. The Kier molecular flexibility index (Phi) is 19.9. The molecule has 0 saturated heterocycles. The molecule has 13 heteroatoms. The molecule has 0 heterocycles. The van der Waals surface area contributed by atoms with Crippen molar-refractivity contribution in [1.29, 1.82) is 0 Å². The molecule has 10 nitrogen and oxygen atoms in total. The number of amides is 1. The van der Waals surface area contributed by atoms with Gasteiger partial charge in [-0.1, -0.05) is 0 Å². The van der Waals surface area contributed by atoms with Crippen molar-refractivity contribution in [2.24, 2.45) is 5.73 Å². The van der Waals surface area contributed by atoms with Gasteiger partial charge in [-0.05, 0) is 6.92 Å². The van der Waals surface area contributed by atoms with E-state index in [9.17, 15) is 33.0 Å². The number of carbonyl (C=O) groups is 3. The number of hydrogen-bond donors (Lipinski definition) is 2. The van der Waals surface area contributed by atoms with Crippen molar-refractivity contribution in [2.45, 2.75) is 18.6 Å². The predicted molar refractivity (Wildman–Crippen MR) is 51.2 cm³/mol. The van der Waals surface area contributed by atoms with Crippen LogP contribution in [-0.4, -0.2) is 42.9 Å². The maximum Gasteiger partial charge on any atom is 1.00 e. The van der Waals surface area contributed by atoms with Crippen LogP contribution in [0.5, 0.6) is 0 Å². The Bertz CT molecular complexity index is 411. The molecule has 0 aromatic carbocycles. The summed E-state index contributed by atoms with van der Waals surface area (Å²) in [5.74, 6) is -4.08. The Morgan fingerprint density at radius 1 is 1.25 bits per heavy atom. The van der Waals surface area contributed by atoms with Crippen molar-refractivity contribution < 1.29 is 101 Å². The molecule has 0 fully saturated rings. The minimum atomic E-state index is -4.94. The SMILES string of the molecule is CCOC(N)=O.O=C([O-])CC(C(=O)[O-])S(=O)(=O)O.[Na+].[Na+]. The van der Waals surface area contributed by atoms with Crippen LogP contribution in [0, 0.1) is 0 Å². The van der Waals surface area contributed by atoms with Crippen molar-refractivity contribution in [3.63, 3.8) is 0 Å². The van der Waals surface area contributed by atoms with Crippen LogP contribution in [0.1, 0.15) is 13.3 Å². The van der Waals surface area contributed by atoms with E-state index in [-0.39, 0.29) is 59.1 Å². The van der Waals surface area contributed by atoms with Gasteiger partial charge in [0.05, 0.1) is 12.6 Å². The van der Waals surface area contributed by atoms with E-state index in [1.54, 1.807) is 6.92 Å². The van der Waals surface area contributed by atoms with Gasteiger partial charge in [-0.2, -0.15) is 8.42 Å². The van der Waals surface area contributed by atoms with E-state index in [0.717, 1.165) is 0 Å². The number of primary amides is 1. The number of carboxylic acid groups (broad SMARTS) is 2. The third-order valence-electron chi connectivity index (χ3n) is 1.26. The van der Waals surface area contributed by atoms with Crippen molar-refractivity contribution in [1.82, 2.24) is 0 Å². The summed E-state index contributed by atoms with van der Waals surface area (Å²) in [7, 11) is -4.94. The van der Waals surface area contributed by atoms with Crippen LogP contribution < -0.4 is 75.1 Å². The molecule has 20 heavy (non-hydrogen) atoms. The zero-order valence-electron chi connectivity index (χ0n) is 11.2. The molecule has 0 aliphatic rings. The quantitative estimate of drug-likeness (QED) is 0.364. The molecule has 0 bridgehead atoms. The van der Waals surface area contributed by atoms with Gasteiger partial charge in [-0.3, -0.25) is 4.55 Å². The molecule has 3 N–H and O–H groups in total. The van der Waals surface area contributed by atoms with Gasteiger partial charge >= 0.3 is 65.2 Å². The normalized spacial score (nSPS) is 10.5. The third-order valence-corrected chi connectivity index (χ3v) is 2.34. The van der Waals surface area contributed by atoms with E-state index in [4.69, 9.17) is 4.55 Å². The zero-order chi connectivity index (χ0) is 14.9. The van der Waals surface area contributed by atoms with E-state index < -0.39 is 39.8 Å². The second kappa shape index (κ2) is 14.1. The topological polar surface area (TPSA) is 187 Å². The summed E-state index contributed by atoms with van der Waals surface area (Å²) in [6.07, 6.45) is -2.04. The molecular formula is C7H11NNa2O9S. The largest absolute Gasteiger partial charge is 1.00 e. The summed E-state index contributed by atoms with van der Waals surface area (Å²) in [5, 5.41) is 17.3. The van der Waals surface area contributed by atoms with Gasteiger partial charge in [-0.15, -0.1) is 0 Å². The number of carboxylic acids is 2. The smallest absolute Gasteiger partial charge is 0.550 e. The Morgan fingerprint density at radius 2 is 1.65 bits per heavy atom. The van der Waals surface area contributed by atoms with Gasteiger partial charge in [0.1, 0.15) is 5.25 Å². The zero-order valence-corrected chi connectivity index (χ0v) is 16.0. The van der Waals surface area contributed by atoms with Gasteiger partial charge < -0.3 is 30.3 Å². The van der Waals surface area contributed by atoms with Crippen LogP contribution in [0.15, 0.2) is 0 Å². The second-order valence-electron chi connectivity index (χ2n) is 2.65. The first-order chi connectivity index (χ1) is 8.02. The third kappa shape index (κ3) is 18.1. The fraction of sp³-hybridized carbons (Fsp3) is 0.571. The first-order valence-electron chi connectivity index (χ1n) is 4.31. The number of rotatable bonds is 5. The molecule has 0 aliphatic heterocycles. The monoisotopic (exact) mass is 331 g/mol. The number of aliphatic carboxylic acids is 2. The molecule has 0 saturated carbocycles. The molecule has 1 amide bonds. The average molecular weight is 331 g/mol. The minimum absolute atomic E-state index is 0. The van der Waals surface area contributed by atoms with Crippen LogP contribution in [0.2, 0.25) is 0 Å². The molecule has 1 atom stereocenters. The van der Waals surface area contributed by atoms with Gasteiger partial charge in [-0.25, -0.2) is 4.79 Å². The molecule has 106 valence electrons. The van der Waals surface area contributed by atoms with Crippen molar-refractivity contribution in [2.75, 3.05) is 6.61 Å². The summed E-state index contributed by atoms with van der Waals surface area (Å²) >= 11 is 0. The predicted octanol–water partition coefficient (Wildman–Crippen LogP) is -9.76. The van der Waals surface area contributed by atoms with Crippen LogP contribution in [0.3, 0.4) is 0 Å². The summed E-state index contributed by atoms with van der Waals surface area (Å²) in [6.45, 7) is 2.06. The van der Waals surface area contributed by atoms with Gasteiger partial charge in [0.15, 0.2) is 0 Å². The van der Waals surface area contributed by atoms with Crippen LogP contribution in [0.25, 0.3) is 0 Å². The molecular weight excluding hydrogens is 320 g/mol. The summed E-state index contributed by atoms with van der Waals surface area (Å²) in [6, 6.07) is 0.